The van der Waals surface area contributed by atoms with Crippen LogP contribution in [0.1, 0.15) is 39.5 Å². The molecule has 2 saturated heterocycles. The first-order valence-corrected chi connectivity index (χ1v) is 6.77. The fraction of sp³-hybridized carbons (Fsp3) is 0.923. The van der Waals surface area contributed by atoms with Crippen LogP contribution in [0.25, 0.3) is 0 Å². The third-order valence-electron chi connectivity index (χ3n) is 4.33. The fourth-order valence-electron chi connectivity index (χ4n) is 3.46. The van der Waals surface area contributed by atoms with E-state index in [0.29, 0.717) is 18.7 Å². The molecule has 0 aliphatic carbocycles. The van der Waals surface area contributed by atoms with E-state index in [0.717, 1.165) is 19.4 Å². The summed E-state index contributed by atoms with van der Waals surface area (Å²) in [6, 6.07) is 1.08. The van der Waals surface area contributed by atoms with Crippen molar-refractivity contribution in [3.8, 4) is 0 Å². The van der Waals surface area contributed by atoms with Crippen molar-refractivity contribution in [2.24, 2.45) is 0 Å². The van der Waals surface area contributed by atoms with Gasteiger partial charge < -0.3 is 15.0 Å². The largest absolute Gasteiger partial charge is 0.465 e. The zero-order chi connectivity index (χ0) is 12.5. The Bertz CT molecular complexity index is 279. The third-order valence-corrected chi connectivity index (χ3v) is 4.33. The SMILES string of the molecule is CCNC1(C(=O)OCC)CC2CCC(C1)N2C. The Kier molecular flexibility index (Phi) is 3.73. The predicted molar refractivity (Wildman–Crippen MR) is 66.8 cm³/mol. The van der Waals surface area contributed by atoms with Gasteiger partial charge in [0, 0.05) is 12.1 Å². The van der Waals surface area contributed by atoms with Crippen molar-refractivity contribution in [1.82, 2.24) is 10.2 Å². The van der Waals surface area contributed by atoms with E-state index >= 15 is 0 Å². The molecule has 4 nitrogen and oxygen atoms in total. The molecule has 17 heavy (non-hydrogen) atoms. The molecule has 0 saturated carbocycles. The second-order valence-corrected chi connectivity index (χ2v) is 5.29. The van der Waals surface area contributed by atoms with Crippen molar-refractivity contribution in [3.63, 3.8) is 0 Å². The number of nitrogens with one attached hydrogen (secondary N) is 1. The van der Waals surface area contributed by atoms with Crippen molar-refractivity contribution in [3.05, 3.63) is 0 Å². The summed E-state index contributed by atoms with van der Waals surface area (Å²) in [7, 11) is 2.18. The third kappa shape index (κ3) is 2.20. The molecule has 0 aromatic rings. The Morgan fingerprint density at radius 1 is 1.35 bits per heavy atom. The van der Waals surface area contributed by atoms with Crippen molar-refractivity contribution in [2.75, 3.05) is 20.2 Å². The van der Waals surface area contributed by atoms with Crippen LogP contribution >= 0.6 is 0 Å². The van der Waals surface area contributed by atoms with Crippen LogP contribution in [-0.4, -0.2) is 48.7 Å². The maximum Gasteiger partial charge on any atom is 0.326 e. The number of hydrogen-bond acceptors (Lipinski definition) is 4. The first kappa shape index (κ1) is 12.8. The summed E-state index contributed by atoms with van der Waals surface area (Å²) in [5.74, 6) is -0.0492. The van der Waals surface area contributed by atoms with Crippen molar-refractivity contribution in [1.29, 1.82) is 0 Å². The van der Waals surface area contributed by atoms with Crippen LogP contribution in [0, 0.1) is 0 Å². The lowest BCUT2D eigenvalue weighted by atomic mass is 9.83. The number of carbonyl (C=O) groups excluding carboxylic acids is 1. The number of carbonyl (C=O) groups is 1. The van der Waals surface area contributed by atoms with Crippen LogP contribution in [0.15, 0.2) is 0 Å². The van der Waals surface area contributed by atoms with Gasteiger partial charge in [0.1, 0.15) is 5.54 Å². The first-order valence-electron chi connectivity index (χ1n) is 6.77. The molecule has 0 aromatic carbocycles. The molecule has 0 spiro atoms. The minimum absolute atomic E-state index is 0.0492. The Labute approximate surface area is 104 Å². The van der Waals surface area contributed by atoms with Crippen LogP contribution in [-0.2, 0) is 9.53 Å². The normalized spacial score (nSPS) is 37.1. The number of ether oxygens (including phenoxy) is 1. The van der Waals surface area contributed by atoms with Gasteiger partial charge in [0.15, 0.2) is 0 Å². The quantitative estimate of drug-likeness (QED) is 0.749. The lowest BCUT2D eigenvalue weighted by molar-refractivity contribution is -0.154. The van der Waals surface area contributed by atoms with Gasteiger partial charge in [-0.05, 0) is 46.2 Å². The number of likely N-dealkylation sites (N-methyl/N-ethyl adjacent to an activating group) is 1. The molecule has 2 rings (SSSR count). The molecule has 0 radical (unpaired) electrons. The van der Waals surface area contributed by atoms with Crippen LogP contribution in [0.2, 0.25) is 0 Å². The monoisotopic (exact) mass is 240 g/mol. The highest BCUT2D eigenvalue weighted by molar-refractivity contribution is 5.81. The second kappa shape index (κ2) is 4.94. The summed E-state index contributed by atoms with van der Waals surface area (Å²) in [6.07, 6.45) is 4.22. The minimum Gasteiger partial charge on any atom is -0.465 e. The summed E-state index contributed by atoms with van der Waals surface area (Å²) in [5, 5.41) is 3.40. The van der Waals surface area contributed by atoms with Crippen molar-refractivity contribution in [2.45, 2.75) is 57.2 Å². The zero-order valence-corrected chi connectivity index (χ0v) is 11.2. The summed E-state index contributed by atoms with van der Waals surface area (Å²) >= 11 is 0. The smallest absolute Gasteiger partial charge is 0.326 e. The van der Waals surface area contributed by atoms with Crippen LogP contribution in [0.4, 0.5) is 0 Å². The van der Waals surface area contributed by atoms with Crippen LogP contribution in [0.3, 0.4) is 0 Å². The highest BCUT2D eigenvalue weighted by Crippen LogP contribution is 2.40. The summed E-state index contributed by atoms with van der Waals surface area (Å²) in [6.45, 7) is 5.22. The molecular formula is C13H24N2O2. The lowest BCUT2D eigenvalue weighted by Gasteiger charge is -2.43. The van der Waals surface area contributed by atoms with Gasteiger partial charge in [-0.3, -0.25) is 4.79 Å². The molecule has 4 heteroatoms. The Balaban J connectivity index is 2.16. The van der Waals surface area contributed by atoms with E-state index in [4.69, 9.17) is 4.74 Å². The number of rotatable bonds is 4. The maximum absolute atomic E-state index is 12.2. The standard InChI is InChI=1S/C13H24N2O2/c1-4-14-13(12(16)17-5-2)8-10-6-7-11(9-13)15(10)3/h10-11,14H,4-9H2,1-3H3. The fourth-order valence-corrected chi connectivity index (χ4v) is 3.46. The molecule has 2 unspecified atom stereocenters. The van der Waals surface area contributed by atoms with Gasteiger partial charge in [0.05, 0.1) is 6.61 Å². The molecule has 2 bridgehead atoms. The van der Waals surface area contributed by atoms with E-state index in [1.165, 1.54) is 12.8 Å². The molecule has 1 N–H and O–H groups in total. The van der Waals surface area contributed by atoms with E-state index in [9.17, 15) is 4.79 Å². The topological polar surface area (TPSA) is 41.6 Å². The first-order chi connectivity index (χ1) is 8.13. The average molecular weight is 240 g/mol. The number of esters is 1. The Hall–Kier alpha value is -0.610. The lowest BCUT2D eigenvalue weighted by Crippen LogP contribution is -2.61. The minimum atomic E-state index is -0.427. The highest BCUT2D eigenvalue weighted by Gasteiger charge is 2.51. The summed E-state index contributed by atoms with van der Waals surface area (Å²) < 4.78 is 5.28. The highest BCUT2D eigenvalue weighted by atomic mass is 16.5. The van der Waals surface area contributed by atoms with Gasteiger partial charge in [-0.2, -0.15) is 0 Å². The van der Waals surface area contributed by atoms with Gasteiger partial charge in [-0.25, -0.2) is 0 Å². The Morgan fingerprint density at radius 3 is 2.41 bits per heavy atom. The molecule has 98 valence electrons. The van der Waals surface area contributed by atoms with E-state index in [1.54, 1.807) is 0 Å². The number of nitrogens with zero attached hydrogens (tertiary/aromatic N) is 1. The number of hydrogen-bond donors (Lipinski definition) is 1. The van der Waals surface area contributed by atoms with Crippen molar-refractivity contribution < 1.29 is 9.53 Å². The van der Waals surface area contributed by atoms with Crippen molar-refractivity contribution >= 4 is 5.97 Å². The molecule has 2 aliphatic heterocycles. The predicted octanol–water partition coefficient (Wildman–Crippen LogP) is 1.15. The molecule has 0 amide bonds. The maximum atomic E-state index is 12.2. The molecule has 0 aromatic heterocycles. The molecule has 2 fully saturated rings. The molecule has 2 heterocycles. The van der Waals surface area contributed by atoms with E-state index in [2.05, 4.69) is 24.2 Å². The number of fused-ring (bicyclic) bond motifs is 2. The van der Waals surface area contributed by atoms with Gasteiger partial charge in [-0.15, -0.1) is 0 Å². The molecular weight excluding hydrogens is 216 g/mol. The average Bonchev–Trinajstić information content (AvgIpc) is 2.54. The van der Waals surface area contributed by atoms with E-state index in [1.807, 2.05) is 6.92 Å². The van der Waals surface area contributed by atoms with Crippen LogP contribution in [0.5, 0.6) is 0 Å². The van der Waals surface area contributed by atoms with Gasteiger partial charge >= 0.3 is 5.97 Å². The summed E-state index contributed by atoms with van der Waals surface area (Å²) in [4.78, 5) is 14.7. The van der Waals surface area contributed by atoms with Gasteiger partial charge in [-0.1, -0.05) is 6.92 Å². The molecule has 2 atom stereocenters. The van der Waals surface area contributed by atoms with E-state index in [-0.39, 0.29) is 5.97 Å². The van der Waals surface area contributed by atoms with Gasteiger partial charge in [0.2, 0.25) is 0 Å². The Morgan fingerprint density at radius 2 is 1.94 bits per heavy atom. The van der Waals surface area contributed by atoms with E-state index < -0.39 is 5.54 Å². The zero-order valence-electron chi connectivity index (χ0n) is 11.2. The second-order valence-electron chi connectivity index (χ2n) is 5.29. The van der Waals surface area contributed by atoms with Gasteiger partial charge in [0.25, 0.3) is 0 Å². The molecule has 2 aliphatic rings. The van der Waals surface area contributed by atoms with Crippen LogP contribution < -0.4 is 5.32 Å². The number of piperidine rings is 1. The summed E-state index contributed by atoms with van der Waals surface area (Å²) in [5.41, 5.74) is -0.427.